The van der Waals surface area contributed by atoms with E-state index < -0.39 is 0 Å². The standard InChI is InChI=1S/C10H17N3S/c1-3-8(7-5-6-7)11-10-13-12-9(4-2)14-10/h7-8H,3-6H2,1-2H3,(H,11,13). The van der Waals surface area contributed by atoms with Crippen LogP contribution >= 0.6 is 11.3 Å². The van der Waals surface area contributed by atoms with Crippen LogP contribution in [0.2, 0.25) is 0 Å². The van der Waals surface area contributed by atoms with Gasteiger partial charge in [-0.15, -0.1) is 10.2 Å². The second-order valence-corrected chi connectivity index (χ2v) is 4.91. The molecule has 14 heavy (non-hydrogen) atoms. The van der Waals surface area contributed by atoms with Crippen molar-refractivity contribution in [3.05, 3.63) is 5.01 Å². The second kappa shape index (κ2) is 4.26. The molecule has 3 nitrogen and oxygen atoms in total. The Labute approximate surface area is 88.9 Å². The van der Waals surface area contributed by atoms with Crippen molar-refractivity contribution < 1.29 is 0 Å². The zero-order valence-corrected chi connectivity index (χ0v) is 9.60. The average Bonchev–Trinajstić information content (AvgIpc) is 2.95. The molecule has 1 saturated carbocycles. The Bertz CT molecular complexity index is 293. The summed E-state index contributed by atoms with van der Waals surface area (Å²) in [6.07, 6.45) is 4.93. The summed E-state index contributed by atoms with van der Waals surface area (Å²) < 4.78 is 0. The van der Waals surface area contributed by atoms with Gasteiger partial charge in [0.05, 0.1) is 0 Å². The van der Waals surface area contributed by atoms with E-state index in [9.17, 15) is 0 Å². The van der Waals surface area contributed by atoms with Crippen LogP contribution in [0.4, 0.5) is 5.13 Å². The van der Waals surface area contributed by atoms with Gasteiger partial charge in [0.25, 0.3) is 0 Å². The van der Waals surface area contributed by atoms with Crippen LogP contribution in [0.25, 0.3) is 0 Å². The number of hydrogen-bond donors (Lipinski definition) is 1. The third-order valence-electron chi connectivity index (χ3n) is 2.71. The summed E-state index contributed by atoms with van der Waals surface area (Å²) in [5.41, 5.74) is 0. The fraction of sp³-hybridized carbons (Fsp3) is 0.800. The summed E-state index contributed by atoms with van der Waals surface area (Å²) in [5, 5.41) is 13.9. The SMILES string of the molecule is CCc1nnc(NC(CC)C2CC2)s1. The summed E-state index contributed by atoms with van der Waals surface area (Å²) in [4.78, 5) is 0. The highest BCUT2D eigenvalue weighted by molar-refractivity contribution is 7.15. The number of rotatable bonds is 5. The fourth-order valence-corrected chi connectivity index (χ4v) is 2.41. The van der Waals surface area contributed by atoms with Crippen LogP contribution in [0.3, 0.4) is 0 Å². The zero-order chi connectivity index (χ0) is 9.97. The molecule has 1 fully saturated rings. The maximum absolute atomic E-state index is 4.14. The smallest absolute Gasteiger partial charge is 0.205 e. The number of nitrogens with one attached hydrogen (secondary N) is 1. The Morgan fingerprint density at radius 3 is 2.71 bits per heavy atom. The van der Waals surface area contributed by atoms with E-state index in [2.05, 4.69) is 29.4 Å². The first-order valence-corrected chi connectivity index (χ1v) is 6.24. The van der Waals surface area contributed by atoms with Crippen molar-refractivity contribution >= 4 is 16.5 Å². The quantitative estimate of drug-likeness (QED) is 0.813. The first-order chi connectivity index (χ1) is 6.83. The van der Waals surface area contributed by atoms with Gasteiger partial charge < -0.3 is 5.32 Å². The lowest BCUT2D eigenvalue weighted by Gasteiger charge is -2.14. The van der Waals surface area contributed by atoms with E-state index in [1.807, 2.05) is 0 Å². The maximum atomic E-state index is 4.14. The van der Waals surface area contributed by atoms with E-state index in [1.54, 1.807) is 11.3 Å². The molecule has 2 rings (SSSR count). The van der Waals surface area contributed by atoms with Gasteiger partial charge in [-0.2, -0.15) is 0 Å². The molecule has 1 aromatic rings. The lowest BCUT2D eigenvalue weighted by Crippen LogP contribution is -2.20. The first kappa shape index (κ1) is 9.90. The van der Waals surface area contributed by atoms with Crippen molar-refractivity contribution in [2.24, 2.45) is 5.92 Å². The molecule has 0 amide bonds. The van der Waals surface area contributed by atoms with Gasteiger partial charge >= 0.3 is 0 Å². The van der Waals surface area contributed by atoms with Gasteiger partial charge in [0.15, 0.2) is 0 Å². The third-order valence-corrected chi connectivity index (χ3v) is 3.71. The zero-order valence-electron chi connectivity index (χ0n) is 8.79. The molecular formula is C10H17N3S. The molecular weight excluding hydrogens is 194 g/mol. The van der Waals surface area contributed by atoms with E-state index in [-0.39, 0.29) is 0 Å². The summed E-state index contributed by atoms with van der Waals surface area (Å²) >= 11 is 1.69. The Kier molecular flexibility index (Phi) is 3.01. The van der Waals surface area contributed by atoms with Gasteiger partial charge in [0.2, 0.25) is 5.13 Å². The summed E-state index contributed by atoms with van der Waals surface area (Å²) in [5.74, 6) is 0.883. The first-order valence-electron chi connectivity index (χ1n) is 5.42. The largest absolute Gasteiger partial charge is 0.357 e. The van der Waals surface area contributed by atoms with Gasteiger partial charge in [0.1, 0.15) is 5.01 Å². The number of nitrogens with zero attached hydrogens (tertiary/aromatic N) is 2. The lowest BCUT2D eigenvalue weighted by molar-refractivity contribution is 0.615. The van der Waals surface area contributed by atoms with Crippen molar-refractivity contribution in [3.8, 4) is 0 Å². The highest BCUT2D eigenvalue weighted by atomic mass is 32.1. The maximum Gasteiger partial charge on any atom is 0.205 e. The summed E-state index contributed by atoms with van der Waals surface area (Å²) in [6, 6.07) is 0.618. The van der Waals surface area contributed by atoms with Crippen LogP contribution in [-0.2, 0) is 6.42 Å². The molecule has 1 aromatic heterocycles. The molecule has 78 valence electrons. The van der Waals surface area contributed by atoms with Gasteiger partial charge in [-0.1, -0.05) is 25.2 Å². The van der Waals surface area contributed by atoms with Crippen molar-refractivity contribution in [1.82, 2.24) is 10.2 Å². The predicted octanol–water partition coefficient (Wildman–Crippen LogP) is 2.70. The topological polar surface area (TPSA) is 37.8 Å². The number of anilines is 1. The van der Waals surface area contributed by atoms with Crippen LogP contribution in [0, 0.1) is 5.92 Å². The van der Waals surface area contributed by atoms with E-state index in [1.165, 1.54) is 19.3 Å². The molecule has 1 unspecified atom stereocenters. The predicted molar refractivity (Wildman–Crippen MR) is 59.7 cm³/mol. The molecule has 4 heteroatoms. The van der Waals surface area contributed by atoms with Crippen molar-refractivity contribution in [3.63, 3.8) is 0 Å². The second-order valence-electron chi connectivity index (χ2n) is 3.85. The minimum Gasteiger partial charge on any atom is -0.357 e. The Balaban J connectivity index is 1.94. The number of aromatic nitrogens is 2. The van der Waals surface area contributed by atoms with E-state index in [0.29, 0.717) is 6.04 Å². The molecule has 1 aliphatic rings. The van der Waals surface area contributed by atoms with Crippen LogP contribution in [0.5, 0.6) is 0 Å². The average molecular weight is 211 g/mol. The van der Waals surface area contributed by atoms with Crippen molar-refractivity contribution in [2.45, 2.75) is 45.6 Å². The lowest BCUT2D eigenvalue weighted by atomic mass is 10.1. The monoisotopic (exact) mass is 211 g/mol. The molecule has 0 spiro atoms. The minimum atomic E-state index is 0.618. The Morgan fingerprint density at radius 2 is 2.21 bits per heavy atom. The fourth-order valence-electron chi connectivity index (χ4n) is 1.67. The summed E-state index contributed by atoms with van der Waals surface area (Å²) in [6.45, 7) is 4.35. The normalized spacial score (nSPS) is 18.1. The van der Waals surface area contributed by atoms with Crippen molar-refractivity contribution in [2.75, 3.05) is 5.32 Å². The number of aryl methyl sites for hydroxylation is 1. The molecule has 0 radical (unpaired) electrons. The number of hydrogen-bond acceptors (Lipinski definition) is 4. The molecule has 0 saturated heterocycles. The van der Waals surface area contributed by atoms with Gasteiger partial charge in [-0.25, -0.2) is 0 Å². The van der Waals surface area contributed by atoms with E-state index in [0.717, 1.165) is 22.5 Å². The molecule has 1 N–H and O–H groups in total. The molecule has 1 aliphatic carbocycles. The van der Waals surface area contributed by atoms with Crippen LogP contribution in [-0.4, -0.2) is 16.2 Å². The Morgan fingerprint density at radius 1 is 1.43 bits per heavy atom. The van der Waals surface area contributed by atoms with E-state index >= 15 is 0 Å². The molecule has 0 aliphatic heterocycles. The minimum absolute atomic E-state index is 0.618. The molecule has 1 heterocycles. The molecule has 0 bridgehead atoms. The highest BCUT2D eigenvalue weighted by Crippen LogP contribution is 2.35. The van der Waals surface area contributed by atoms with E-state index in [4.69, 9.17) is 0 Å². The van der Waals surface area contributed by atoms with Gasteiger partial charge in [0, 0.05) is 6.04 Å². The van der Waals surface area contributed by atoms with Gasteiger partial charge in [-0.3, -0.25) is 0 Å². The molecule has 1 atom stereocenters. The van der Waals surface area contributed by atoms with Crippen LogP contribution in [0.15, 0.2) is 0 Å². The van der Waals surface area contributed by atoms with Crippen molar-refractivity contribution in [1.29, 1.82) is 0 Å². The third kappa shape index (κ3) is 2.23. The summed E-state index contributed by atoms with van der Waals surface area (Å²) in [7, 11) is 0. The Hall–Kier alpha value is -0.640. The van der Waals surface area contributed by atoms with Gasteiger partial charge in [-0.05, 0) is 31.6 Å². The molecule has 0 aromatic carbocycles. The highest BCUT2D eigenvalue weighted by Gasteiger charge is 2.30. The van der Waals surface area contributed by atoms with Crippen LogP contribution in [0.1, 0.15) is 38.1 Å². The van der Waals surface area contributed by atoms with Crippen LogP contribution < -0.4 is 5.32 Å².